The van der Waals surface area contributed by atoms with Gasteiger partial charge in [0.2, 0.25) is 0 Å². The standard InChI is InChI=1S/C4H6O4.C3H6/c1-3(4(6)7)8-2-5;1-3-2/h2-3H,1H3,(H,6,7);3H,1H2,2H3. The van der Waals surface area contributed by atoms with Crippen molar-refractivity contribution in [2.24, 2.45) is 0 Å². The normalized spacial score (nSPS) is 10.0. The van der Waals surface area contributed by atoms with Gasteiger partial charge in [0.15, 0.2) is 6.10 Å². The van der Waals surface area contributed by atoms with E-state index in [1.807, 2.05) is 6.92 Å². The molecule has 1 atom stereocenters. The maximum Gasteiger partial charge on any atom is 0.344 e. The van der Waals surface area contributed by atoms with Gasteiger partial charge in [-0.3, -0.25) is 4.79 Å². The van der Waals surface area contributed by atoms with E-state index < -0.39 is 12.1 Å². The van der Waals surface area contributed by atoms with Gasteiger partial charge in [-0.05, 0) is 13.8 Å². The minimum atomic E-state index is -1.14. The highest BCUT2D eigenvalue weighted by atomic mass is 16.5. The second kappa shape index (κ2) is 8.68. The molecule has 0 bridgehead atoms. The first kappa shape index (κ1) is 12.4. The summed E-state index contributed by atoms with van der Waals surface area (Å²) in [5.74, 6) is -1.14. The first-order valence-corrected chi connectivity index (χ1v) is 2.99. The third-order valence-electron chi connectivity index (χ3n) is 0.607. The topological polar surface area (TPSA) is 63.6 Å². The SMILES string of the molecule is C=CC.CC(OC=O)C(=O)O. The molecule has 0 aliphatic heterocycles. The molecule has 0 rings (SSSR count). The van der Waals surface area contributed by atoms with Crippen LogP contribution in [0.5, 0.6) is 0 Å². The van der Waals surface area contributed by atoms with Crippen LogP contribution in [0.4, 0.5) is 0 Å². The molecule has 0 heterocycles. The zero-order valence-electron chi connectivity index (χ0n) is 6.61. The van der Waals surface area contributed by atoms with Crippen LogP contribution in [0, 0.1) is 0 Å². The monoisotopic (exact) mass is 160 g/mol. The van der Waals surface area contributed by atoms with E-state index in [4.69, 9.17) is 5.11 Å². The summed E-state index contributed by atoms with van der Waals surface area (Å²) in [7, 11) is 0. The lowest BCUT2D eigenvalue weighted by Crippen LogP contribution is -2.18. The largest absolute Gasteiger partial charge is 0.479 e. The molecule has 0 aliphatic rings. The molecular formula is C7H12O4. The summed E-state index contributed by atoms with van der Waals surface area (Å²) >= 11 is 0. The Labute approximate surface area is 65.5 Å². The number of ether oxygens (including phenoxy) is 1. The molecule has 4 heteroatoms. The minimum Gasteiger partial charge on any atom is -0.479 e. The molecule has 0 aromatic carbocycles. The molecule has 0 saturated heterocycles. The fourth-order valence-electron chi connectivity index (χ4n) is 0.142. The Morgan fingerprint density at radius 3 is 2.18 bits per heavy atom. The lowest BCUT2D eigenvalue weighted by Gasteiger charge is -1.99. The molecule has 0 fully saturated rings. The fourth-order valence-corrected chi connectivity index (χ4v) is 0.142. The van der Waals surface area contributed by atoms with Gasteiger partial charge in [-0.1, -0.05) is 6.08 Å². The van der Waals surface area contributed by atoms with E-state index in [1.54, 1.807) is 6.08 Å². The maximum absolute atomic E-state index is 9.81. The molecule has 1 N–H and O–H groups in total. The molecule has 1 unspecified atom stereocenters. The van der Waals surface area contributed by atoms with Gasteiger partial charge in [0.1, 0.15) is 0 Å². The molecule has 0 amide bonds. The van der Waals surface area contributed by atoms with Crippen molar-refractivity contribution >= 4 is 12.4 Å². The van der Waals surface area contributed by atoms with E-state index in [2.05, 4.69) is 11.3 Å². The highest BCUT2D eigenvalue weighted by Gasteiger charge is 2.08. The van der Waals surface area contributed by atoms with Crippen LogP contribution in [0.15, 0.2) is 12.7 Å². The number of carbonyl (C=O) groups excluding carboxylic acids is 1. The number of hydrogen-bond donors (Lipinski definition) is 1. The summed E-state index contributed by atoms with van der Waals surface area (Å²) in [5, 5.41) is 8.03. The van der Waals surface area contributed by atoms with Gasteiger partial charge < -0.3 is 9.84 Å². The van der Waals surface area contributed by atoms with Crippen LogP contribution in [0.25, 0.3) is 0 Å². The Morgan fingerprint density at radius 1 is 1.73 bits per heavy atom. The first-order chi connectivity index (χ1) is 5.09. The zero-order chi connectivity index (χ0) is 9.28. The second-order valence-corrected chi connectivity index (χ2v) is 1.62. The number of carboxylic acid groups (broad SMARTS) is 1. The summed E-state index contributed by atoms with van der Waals surface area (Å²) in [5.41, 5.74) is 0. The summed E-state index contributed by atoms with van der Waals surface area (Å²) in [6, 6.07) is 0. The van der Waals surface area contributed by atoms with Gasteiger partial charge in [-0.15, -0.1) is 6.58 Å². The van der Waals surface area contributed by atoms with E-state index in [-0.39, 0.29) is 6.47 Å². The van der Waals surface area contributed by atoms with Crippen molar-refractivity contribution in [3.05, 3.63) is 12.7 Å². The number of allylic oxidation sites excluding steroid dienone is 1. The number of carbonyl (C=O) groups is 2. The van der Waals surface area contributed by atoms with E-state index >= 15 is 0 Å². The van der Waals surface area contributed by atoms with Gasteiger partial charge in [0, 0.05) is 0 Å². The Bertz CT molecular complexity index is 130. The molecular weight excluding hydrogens is 148 g/mol. The maximum atomic E-state index is 9.81. The van der Waals surface area contributed by atoms with E-state index in [9.17, 15) is 9.59 Å². The highest BCUT2D eigenvalue weighted by Crippen LogP contribution is 1.84. The third kappa shape index (κ3) is 12.0. The van der Waals surface area contributed by atoms with Gasteiger partial charge in [-0.2, -0.15) is 0 Å². The Hall–Kier alpha value is -1.32. The van der Waals surface area contributed by atoms with Crippen LogP contribution in [0.2, 0.25) is 0 Å². The van der Waals surface area contributed by atoms with Crippen molar-refractivity contribution < 1.29 is 19.4 Å². The smallest absolute Gasteiger partial charge is 0.344 e. The molecule has 4 nitrogen and oxygen atoms in total. The predicted octanol–water partition coefficient (Wildman–Crippen LogP) is 0.825. The summed E-state index contributed by atoms with van der Waals surface area (Å²) in [6.45, 7) is 6.63. The average molecular weight is 160 g/mol. The average Bonchev–Trinajstić information content (AvgIpc) is 1.90. The number of rotatable bonds is 3. The predicted molar refractivity (Wildman–Crippen MR) is 40.1 cm³/mol. The van der Waals surface area contributed by atoms with Gasteiger partial charge >= 0.3 is 5.97 Å². The molecule has 0 aliphatic carbocycles. The lowest BCUT2D eigenvalue weighted by molar-refractivity contribution is -0.155. The van der Waals surface area contributed by atoms with Crippen LogP contribution in [-0.4, -0.2) is 23.7 Å². The molecule has 0 saturated carbocycles. The Balaban J connectivity index is 0. The van der Waals surface area contributed by atoms with Crippen LogP contribution in [0.3, 0.4) is 0 Å². The van der Waals surface area contributed by atoms with E-state index in [1.165, 1.54) is 6.92 Å². The van der Waals surface area contributed by atoms with Crippen molar-refractivity contribution in [1.82, 2.24) is 0 Å². The van der Waals surface area contributed by atoms with Crippen molar-refractivity contribution in [2.75, 3.05) is 0 Å². The quantitative estimate of drug-likeness (QED) is 0.490. The van der Waals surface area contributed by atoms with Crippen LogP contribution in [0.1, 0.15) is 13.8 Å². The van der Waals surface area contributed by atoms with Crippen LogP contribution in [-0.2, 0) is 14.3 Å². The summed E-state index contributed by atoms with van der Waals surface area (Å²) in [6.07, 6.45) is 0.715. The van der Waals surface area contributed by atoms with Gasteiger partial charge in [-0.25, -0.2) is 4.79 Å². The molecule has 64 valence electrons. The zero-order valence-corrected chi connectivity index (χ0v) is 6.61. The molecule has 11 heavy (non-hydrogen) atoms. The molecule has 0 radical (unpaired) electrons. The lowest BCUT2D eigenvalue weighted by atomic mass is 10.4. The van der Waals surface area contributed by atoms with E-state index in [0.29, 0.717) is 0 Å². The number of hydrogen-bond acceptors (Lipinski definition) is 3. The number of carboxylic acids is 1. The highest BCUT2D eigenvalue weighted by molar-refractivity contribution is 5.72. The molecule has 0 aromatic heterocycles. The molecule has 0 aromatic rings. The summed E-state index contributed by atoms with van der Waals surface area (Å²) in [4.78, 5) is 19.2. The van der Waals surface area contributed by atoms with Gasteiger partial charge in [0.05, 0.1) is 0 Å². The van der Waals surface area contributed by atoms with Crippen molar-refractivity contribution in [2.45, 2.75) is 20.0 Å². The second-order valence-electron chi connectivity index (χ2n) is 1.62. The van der Waals surface area contributed by atoms with Gasteiger partial charge in [0.25, 0.3) is 6.47 Å². The number of aliphatic carboxylic acids is 1. The van der Waals surface area contributed by atoms with Crippen molar-refractivity contribution in [1.29, 1.82) is 0 Å². The van der Waals surface area contributed by atoms with Crippen LogP contribution >= 0.6 is 0 Å². The van der Waals surface area contributed by atoms with Crippen molar-refractivity contribution in [3.8, 4) is 0 Å². The Kier molecular flexibility index (Phi) is 9.76. The fraction of sp³-hybridized carbons (Fsp3) is 0.429. The Morgan fingerprint density at radius 2 is 2.09 bits per heavy atom. The minimum absolute atomic E-state index is 0.110. The first-order valence-electron chi connectivity index (χ1n) is 2.99. The van der Waals surface area contributed by atoms with Crippen LogP contribution < -0.4 is 0 Å². The summed E-state index contributed by atoms with van der Waals surface area (Å²) < 4.78 is 4.02. The third-order valence-corrected chi connectivity index (χ3v) is 0.607. The van der Waals surface area contributed by atoms with E-state index in [0.717, 1.165) is 0 Å². The van der Waals surface area contributed by atoms with Crippen molar-refractivity contribution in [3.63, 3.8) is 0 Å². The molecule has 0 spiro atoms.